The zero-order valence-corrected chi connectivity index (χ0v) is 12.1. The standard InChI is InChI=1S/C17H23NO2/c1-2-20-16-6-4-3-5-15(16)18-17(19)11-14-10-12-7-8-13(14)9-12/h3-6,12-14H,2,7-11H2,1H3,(H,18,19)/t12-,13-,14-/m1/s1. The van der Waals surface area contributed by atoms with Crippen LogP contribution in [-0.2, 0) is 4.79 Å². The van der Waals surface area contributed by atoms with Gasteiger partial charge in [0.25, 0.3) is 0 Å². The molecule has 0 unspecified atom stereocenters. The van der Waals surface area contributed by atoms with Crippen molar-refractivity contribution in [1.29, 1.82) is 0 Å². The number of benzene rings is 1. The summed E-state index contributed by atoms with van der Waals surface area (Å²) in [7, 11) is 0. The van der Waals surface area contributed by atoms with Crippen LogP contribution < -0.4 is 10.1 Å². The SMILES string of the molecule is CCOc1ccccc1NC(=O)C[C@H]1C[C@@H]2CC[C@@H]1C2. The van der Waals surface area contributed by atoms with Gasteiger partial charge in [-0.25, -0.2) is 0 Å². The van der Waals surface area contributed by atoms with E-state index in [1.165, 1.54) is 25.7 Å². The molecule has 0 aromatic heterocycles. The fourth-order valence-electron chi connectivity index (χ4n) is 3.92. The van der Waals surface area contributed by atoms with E-state index in [0.29, 0.717) is 18.9 Å². The molecule has 0 aliphatic heterocycles. The Morgan fingerprint density at radius 1 is 1.30 bits per heavy atom. The van der Waals surface area contributed by atoms with E-state index in [9.17, 15) is 4.79 Å². The molecular weight excluding hydrogens is 250 g/mol. The van der Waals surface area contributed by atoms with E-state index in [4.69, 9.17) is 4.74 Å². The van der Waals surface area contributed by atoms with Gasteiger partial charge in [0.15, 0.2) is 0 Å². The van der Waals surface area contributed by atoms with Gasteiger partial charge in [-0.2, -0.15) is 0 Å². The molecule has 2 saturated carbocycles. The molecule has 3 heteroatoms. The number of carbonyl (C=O) groups is 1. The number of fused-ring (bicyclic) bond motifs is 2. The average molecular weight is 273 g/mol. The minimum Gasteiger partial charge on any atom is -0.492 e. The highest BCUT2D eigenvalue weighted by molar-refractivity contribution is 5.92. The van der Waals surface area contributed by atoms with Crippen molar-refractivity contribution in [2.45, 2.75) is 39.0 Å². The van der Waals surface area contributed by atoms with Crippen molar-refractivity contribution >= 4 is 11.6 Å². The summed E-state index contributed by atoms with van der Waals surface area (Å²) in [5.41, 5.74) is 0.794. The van der Waals surface area contributed by atoms with Gasteiger partial charge in [0.1, 0.15) is 5.75 Å². The molecule has 3 atom stereocenters. The van der Waals surface area contributed by atoms with Crippen LogP contribution >= 0.6 is 0 Å². The molecule has 1 aromatic carbocycles. The molecule has 3 nitrogen and oxygen atoms in total. The number of hydrogen-bond acceptors (Lipinski definition) is 2. The lowest BCUT2D eigenvalue weighted by Crippen LogP contribution is -2.20. The Kier molecular flexibility index (Phi) is 3.95. The van der Waals surface area contributed by atoms with Crippen molar-refractivity contribution in [2.24, 2.45) is 17.8 Å². The molecule has 0 radical (unpaired) electrons. The third-order valence-corrected chi connectivity index (χ3v) is 4.79. The molecule has 2 bridgehead atoms. The molecule has 1 aromatic rings. The zero-order valence-electron chi connectivity index (χ0n) is 12.1. The highest BCUT2D eigenvalue weighted by atomic mass is 16.5. The van der Waals surface area contributed by atoms with Crippen LogP contribution in [0.4, 0.5) is 5.69 Å². The van der Waals surface area contributed by atoms with E-state index >= 15 is 0 Å². The smallest absolute Gasteiger partial charge is 0.224 e. The van der Waals surface area contributed by atoms with E-state index in [-0.39, 0.29) is 5.91 Å². The summed E-state index contributed by atoms with van der Waals surface area (Å²) in [6.07, 6.45) is 5.99. The van der Waals surface area contributed by atoms with Crippen molar-refractivity contribution in [3.05, 3.63) is 24.3 Å². The number of para-hydroxylation sites is 2. The van der Waals surface area contributed by atoms with E-state index in [2.05, 4.69) is 5.32 Å². The number of hydrogen-bond donors (Lipinski definition) is 1. The van der Waals surface area contributed by atoms with Crippen LogP contribution in [0.3, 0.4) is 0 Å². The van der Waals surface area contributed by atoms with E-state index < -0.39 is 0 Å². The van der Waals surface area contributed by atoms with E-state index in [1.54, 1.807) is 0 Å². The summed E-state index contributed by atoms with van der Waals surface area (Å²) < 4.78 is 5.54. The molecule has 0 heterocycles. The van der Waals surface area contributed by atoms with Crippen molar-refractivity contribution in [1.82, 2.24) is 0 Å². The van der Waals surface area contributed by atoms with Gasteiger partial charge in [-0.05, 0) is 56.1 Å². The average Bonchev–Trinajstić information content (AvgIpc) is 3.03. The summed E-state index contributed by atoms with van der Waals surface area (Å²) in [6.45, 7) is 2.56. The van der Waals surface area contributed by atoms with Gasteiger partial charge in [0.05, 0.1) is 12.3 Å². The number of amides is 1. The van der Waals surface area contributed by atoms with Crippen LogP contribution in [0.15, 0.2) is 24.3 Å². The quantitative estimate of drug-likeness (QED) is 0.885. The molecule has 2 aliphatic carbocycles. The molecular formula is C17H23NO2. The second kappa shape index (κ2) is 5.86. The second-order valence-corrected chi connectivity index (χ2v) is 6.12. The minimum absolute atomic E-state index is 0.134. The van der Waals surface area contributed by atoms with Gasteiger partial charge in [-0.15, -0.1) is 0 Å². The number of ether oxygens (including phenoxy) is 1. The maximum atomic E-state index is 12.2. The van der Waals surface area contributed by atoms with E-state index in [0.717, 1.165) is 23.3 Å². The first-order valence-corrected chi connectivity index (χ1v) is 7.78. The van der Waals surface area contributed by atoms with Gasteiger partial charge >= 0.3 is 0 Å². The first kappa shape index (κ1) is 13.5. The molecule has 20 heavy (non-hydrogen) atoms. The molecule has 1 N–H and O–H groups in total. The van der Waals surface area contributed by atoms with Gasteiger partial charge in [0.2, 0.25) is 5.91 Å². The molecule has 0 saturated heterocycles. The highest BCUT2D eigenvalue weighted by Gasteiger charge is 2.40. The Morgan fingerprint density at radius 2 is 2.15 bits per heavy atom. The summed E-state index contributed by atoms with van der Waals surface area (Å²) >= 11 is 0. The molecule has 2 aliphatic rings. The second-order valence-electron chi connectivity index (χ2n) is 6.12. The normalized spacial score (nSPS) is 27.6. The van der Waals surface area contributed by atoms with Crippen molar-refractivity contribution in [3.8, 4) is 5.75 Å². The molecule has 108 valence electrons. The van der Waals surface area contributed by atoms with E-state index in [1.807, 2.05) is 31.2 Å². The summed E-state index contributed by atoms with van der Waals surface area (Å²) in [4.78, 5) is 12.2. The predicted octanol–water partition coefficient (Wildman–Crippen LogP) is 3.85. The Bertz CT molecular complexity index is 486. The lowest BCUT2D eigenvalue weighted by Gasteiger charge is -2.21. The van der Waals surface area contributed by atoms with Gasteiger partial charge in [-0.3, -0.25) is 4.79 Å². The first-order chi connectivity index (χ1) is 9.76. The number of rotatable bonds is 5. The van der Waals surface area contributed by atoms with Gasteiger partial charge in [-0.1, -0.05) is 18.6 Å². The molecule has 1 amide bonds. The highest BCUT2D eigenvalue weighted by Crippen LogP contribution is 2.49. The summed E-state index contributed by atoms with van der Waals surface area (Å²) in [6, 6.07) is 7.66. The maximum Gasteiger partial charge on any atom is 0.224 e. The Morgan fingerprint density at radius 3 is 2.85 bits per heavy atom. The number of nitrogens with one attached hydrogen (secondary N) is 1. The first-order valence-electron chi connectivity index (χ1n) is 7.78. The Labute approximate surface area is 120 Å². The molecule has 3 rings (SSSR count). The van der Waals surface area contributed by atoms with Crippen LogP contribution in [0.5, 0.6) is 5.75 Å². The lowest BCUT2D eigenvalue weighted by molar-refractivity contribution is -0.117. The summed E-state index contributed by atoms with van der Waals surface area (Å²) in [5.74, 6) is 3.19. The number of anilines is 1. The monoisotopic (exact) mass is 273 g/mol. The topological polar surface area (TPSA) is 38.3 Å². The van der Waals surface area contributed by atoms with Crippen LogP contribution in [0.1, 0.15) is 39.0 Å². The van der Waals surface area contributed by atoms with Gasteiger partial charge < -0.3 is 10.1 Å². The summed E-state index contributed by atoms with van der Waals surface area (Å²) in [5, 5.41) is 3.02. The third kappa shape index (κ3) is 2.82. The minimum atomic E-state index is 0.134. The van der Waals surface area contributed by atoms with Crippen molar-refractivity contribution in [3.63, 3.8) is 0 Å². The molecule has 2 fully saturated rings. The lowest BCUT2D eigenvalue weighted by atomic mass is 9.86. The fraction of sp³-hybridized carbons (Fsp3) is 0.588. The van der Waals surface area contributed by atoms with Crippen LogP contribution in [-0.4, -0.2) is 12.5 Å². The van der Waals surface area contributed by atoms with Crippen LogP contribution in [0.25, 0.3) is 0 Å². The molecule has 0 spiro atoms. The zero-order chi connectivity index (χ0) is 13.9. The van der Waals surface area contributed by atoms with Crippen LogP contribution in [0.2, 0.25) is 0 Å². The van der Waals surface area contributed by atoms with Gasteiger partial charge in [0, 0.05) is 6.42 Å². The maximum absolute atomic E-state index is 12.2. The number of carbonyl (C=O) groups excluding carboxylic acids is 1. The van der Waals surface area contributed by atoms with Crippen LogP contribution in [0, 0.1) is 17.8 Å². The largest absolute Gasteiger partial charge is 0.492 e. The van der Waals surface area contributed by atoms with Crippen molar-refractivity contribution in [2.75, 3.05) is 11.9 Å². The Hall–Kier alpha value is -1.51. The predicted molar refractivity (Wildman–Crippen MR) is 79.8 cm³/mol. The fourth-order valence-corrected chi connectivity index (χ4v) is 3.92. The Balaban J connectivity index is 1.59. The van der Waals surface area contributed by atoms with Crippen molar-refractivity contribution < 1.29 is 9.53 Å². The third-order valence-electron chi connectivity index (χ3n) is 4.79.